The van der Waals surface area contributed by atoms with Crippen LogP contribution >= 0.6 is 0 Å². The second-order valence-electron chi connectivity index (χ2n) is 4.52. The Labute approximate surface area is 117 Å². The molecule has 104 valence electrons. The van der Waals surface area contributed by atoms with Crippen molar-refractivity contribution in [3.63, 3.8) is 0 Å². The lowest BCUT2D eigenvalue weighted by Crippen LogP contribution is -2.04. The summed E-state index contributed by atoms with van der Waals surface area (Å²) in [6, 6.07) is 11.9. The van der Waals surface area contributed by atoms with Crippen LogP contribution in [0.3, 0.4) is 0 Å². The molecule has 2 aromatic carbocycles. The number of esters is 1. The molecule has 0 amide bonds. The highest BCUT2D eigenvalue weighted by atomic mass is 19.1. The quantitative estimate of drug-likeness (QED) is 0.866. The maximum absolute atomic E-state index is 13.6. The number of carbonyl (C=O) groups excluding carboxylic acids is 1. The van der Waals surface area contributed by atoms with Crippen LogP contribution in [0.15, 0.2) is 42.5 Å². The lowest BCUT2D eigenvalue weighted by Gasteiger charge is -2.09. The Morgan fingerprint density at radius 2 is 1.90 bits per heavy atom. The first-order valence-corrected chi connectivity index (χ1v) is 6.27. The molecule has 4 heteroatoms. The van der Waals surface area contributed by atoms with Crippen LogP contribution in [0.4, 0.5) is 10.1 Å². The van der Waals surface area contributed by atoms with Crippen molar-refractivity contribution >= 4 is 11.7 Å². The molecule has 0 spiro atoms. The highest BCUT2D eigenvalue weighted by Gasteiger charge is 2.05. The van der Waals surface area contributed by atoms with Crippen LogP contribution in [0.2, 0.25) is 0 Å². The molecule has 1 N–H and O–H groups in total. The number of hydrogen-bond acceptors (Lipinski definition) is 3. The van der Waals surface area contributed by atoms with Gasteiger partial charge in [-0.1, -0.05) is 17.7 Å². The molecule has 0 heterocycles. The van der Waals surface area contributed by atoms with Gasteiger partial charge in [0.25, 0.3) is 0 Å². The second kappa shape index (κ2) is 6.19. The molecule has 0 aliphatic carbocycles. The first-order chi connectivity index (χ1) is 9.60. The Morgan fingerprint density at radius 1 is 1.20 bits per heavy atom. The van der Waals surface area contributed by atoms with Crippen molar-refractivity contribution < 1.29 is 13.9 Å². The Balaban J connectivity index is 2.04. The van der Waals surface area contributed by atoms with Gasteiger partial charge in [-0.3, -0.25) is 0 Å². The van der Waals surface area contributed by atoms with Gasteiger partial charge in [-0.05, 0) is 37.3 Å². The first kappa shape index (κ1) is 14.1. The van der Waals surface area contributed by atoms with Gasteiger partial charge >= 0.3 is 5.97 Å². The predicted molar refractivity (Wildman–Crippen MR) is 76.2 cm³/mol. The summed E-state index contributed by atoms with van der Waals surface area (Å²) in [4.78, 5) is 11.3. The first-order valence-electron chi connectivity index (χ1n) is 6.27. The fourth-order valence-corrected chi connectivity index (χ4v) is 1.88. The number of carbonyl (C=O) groups is 1. The van der Waals surface area contributed by atoms with E-state index in [9.17, 15) is 9.18 Å². The van der Waals surface area contributed by atoms with E-state index in [4.69, 9.17) is 0 Å². The number of ether oxygens (including phenoxy) is 1. The summed E-state index contributed by atoms with van der Waals surface area (Å²) in [6.07, 6.45) is 0. The van der Waals surface area contributed by atoms with Gasteiger partial charge in [0.05, 0.1) is 12.7 Å². The molecule has 3 nitrogen and oxygen atoms in total. The molecule has 0 saturated heterocycles. The minimum absolute atomic E-state index is 0.228. The van der Waals surface area contributed by atoms with Gasteiger partial charge in [-0.25, -0.2) is 9.18 Å². The summed E-state index contributed by atoms with van der Waals surface area (Å²) in [5.41, 5.74) is 2.93. The molecule has 0 fully saturated rings. The van der Waals surface area contributed by atoms with Crippen LogP contribution in [0.5, 0.6) is 0 Å². The summed E-state index contributed by atoms with van der Waals surface area (Å²) in [5.74, 6) is -0.601. The Morgan fingerprint density at radius 3 is 2.55 bits per heavy atom. The summed E-state index contributed by atoms with van der Waals surface area (Å²) in [7, 11) is 1.34. The van der Waals surface area contributed by atoms with Crippen LogP contribution in [0, 0.1) is 12.7 Å². The largest absolute Gasteiger partial charge is 0.465 e. The van der Waals surface area contributed by atoms with Crippen LogP contribution in [-0.4, -0.2) is 13.1 Å². The molecule has 2 aromatic rings. The molecule has 0 aliphatic rings. The normalized spacial score (nSPS) is 10.2. The standard InChI is InChI=1S/C16H16FNO2/c1-11-3-8-15(17)13(9-11)10-18-14-6-4-12(5-7-14)16(19)20-2/h3-9,18H,10H2,1-2H3. The molecule has 0 aromatic heterocycles. The third-order valence-electron chi connectivity index (χ3n) is 2.99. The number of hydrogen-bond donors (Lipinski definition) is 1. The highest BCUT2D eigenvalue weighted by Crippen LogP contribution is 2.14. The van der Waals surface area contributed by atoms with Gasteiger partial charge in [0, 0.05) is 17.8 Å². The molecular formula is C16H16FNO2. The van der Waals surface area contributed by atoms with Crippen molar-refractivity contribution in [3.05, 3.63) is 65.0 Å². The average molecular weight is 273 g/mol. The molecule has 0 radical (unpaired) electrons. The fraction of sp³-hybridized carbons (Fsp3) is 0.188. The van der Waals surface area contributed by atoms with E-state index in [0.29, 0.717) is 17.7 Å². The van der Waals surface area contributed by atoms with E-state index in [0.717, 1.165) is 11.3 Å². The predicted octanol–water partition coefficient (Wildman–Crippen LogP) is 3.53. The summed E-state index contributed by atoms with van der Waals surface area (Å²) in [5, 5.41) is 3.12. The van der Waals surface area contributed by atoms with Crippen molar-refractivity contribution in [1.29, 1.82) is 0 Å². The Kier molecular flexibility index (Phi) is 4.35. The van der Waals surface area contributed by atoms with E-state index < -0.39 is 0 Å². The van der Waals surface area contributed by atoms with Gasteiger partial charge in [-0.15, -0.1) is 0 Å². The molecule has 0 saturated carbocycles. The minimum Gasteiger partial charge on any atom is -0.465 e. The number of methoxy groups -OCH3 is 1. The number of aryl methyl sites for hydroxylation is 1. The zero-order valence-electron chi connectivity index (χ0n) is 11.4. The molecule has 0 atom stereocenters. The van der Waals surface area contributed by atoms with Crippen LogP contribution in [0.1, 0.15) is 21.5 Å². The van der Waals surface area contributed by atoms with Crippen molar-refractivity contribution in [2.75, 3.05) is 12.4 Å². The highest BCUT2D eigenvalue weighted by molar-refractivity contribution is 5.89. The Hall–Kier alpha value is -2.36. The van der Waals surface area contributed by atoms with Gasteiger partial charge in [0.1, 0.15) is 5.82 Å². The van der Waals surface area contributed by atoms with E-state index in [1.165, 1.54) is 13.2 Å². The van der Waals surface area contributed by atoms with Crippen LogP contribution in [-0.2, 0) is 11.3 Å². The van der Waals surface area contributed by atoms with Gasteiger partial charge in [0.15, 0.2) is 0 Å². The number of rotatable bonds is 4. The summed E-state index contributed by atoms with van der Waals surface area (Å²) in [6.45, 7) is 2.32. The van der Waals surface area contributed by atoms with Gasteiger partial charge in [-0.2, -0.15) is 0 Å². The summed E-state index contributed by atoms with van der Waals surface area (Å²) < 4.78 is 18.2. The number of halogens is 1. The number of benzene rings is 2. The lowest BCUT2D eigenvalue weighted by molar-refractivity contribution is 0.0601. The number of nitrogens with one attached hydrogen (secondary N) is 1. The summed E-state index contributed by atoms with van der Waals surface area (Å²) >= 11 is 0. The second-order valence-corrected chi connectivity index (χ2v) is 4.52. The molecule has 2 rings (SSSR count). The zero-order chi connectivity index (χ0) is 14.5. The van der Waals surface area contributed by atoms with Crippen molar-refractivity contribution in [2.45, 2.75) is 13.5 Å². The van der Waals surface area contributed by atoms with Crippen LogP contribution < -0.4 is 5.32 Å². The van der Waals surface area contributed by atoms with Crippen LogP contribution in [0.25, 0.3) is 0 Å². The average Bonchev–Trinajstić information content (AvgIpc) is 2.48. The molecular weight excluding hydrogens is 257 g/mol. The molecule has 0 unspecified atom stereocenters. The third-order valence-corrected chi connectivity index (χ3v) is 2.99. The minimum atomic E-state index is -0.374. The zero-order valence-corrected chi connectivity index (χ0v) is 11.4. The van der Waals surface area contributed by atoms with E-state index in [-0.39, 0.29) is 11.8 Å². The smallest absolute Gasteiger partial charge is 0.337 e. The van der Waals surface area contributed by atoms with Crippen molar-refractivity contribution in [1.82, 2.24) is 0 Å². The van der Waals surface area contributed by atoms with Crippen molar-refractivity contribution in [2.24, 2.45) is 0 Å². The van der Waals surface area contributed by atoms with Crippen molar-refractivity contribution in [3.8, 4) is 0 Å². The molecule has 0 bridgehead atoms. The van der Waals surface area contributed by atoms with Gasteiger partial charge in [0.2, 0.25) is 0 Å². The molecule has 20 heavy (non-hydrogen) atoms. The van der Waals surface area contributed by atoms with E-state index >= 15 is 0 Å². The third kappa shape index (κ3) is 3.35. The SMILES string of the molecule is COC(=O)c1ccc(NCc2cc(C)ccc2F)cc1. The van der Waals surface area contributed by atoms with E-state index in [1.807, 2.05) is 13.0 Å². The van der Waals surface area contributed by atoms with E-state index in [2.05, 4.69) is 10.1 Å². The fourth-order valence-electron chi connectivity index (χ4n) is 1.88. The monoisotopic (exact) mass is 273 g/mol. The maximum Gasteiger partial charge on any atom is 0.337 e. The lowest BCUT2D eigenvalue weighted by atomic mass is 10.1. The van der Waals surface area contributed by atoms with Gasteiger partial charge < -0.3 is 10.1 Å². The number of anilines is 1. The topological polar surface area (TPSA) is 38.3 Å². The Bertz CT molecular complexity index is 608. The maximum atomic E-state index is 13.6. The molecule has 0 aliphatic heterocycles. The van der Waals surface area contributed by atoms with E-state index in [1.54, 1.807) is 30.3 Å².